The lowest BCUT2D eigenvalue weighted by Crippen LogP contribution is -2.44. The number of aromatic nitrogens is 1. The summed E-state index contributed by atoms with van der Waals surface area (Å²) in [5, 5.41) is 3.37. The molecule has 0 unspecified atom stereocenters. The molecule has 0 spiro atoms. The van der Waals surface area contributed by atoms with Gasteiger partial charge in [0.25, 0.3) is 0 Å². The molecule has 0 aromatic carbocycles. The first-order chi connectivity index (χ1) is 5.84. The Morgan fingerprint density at radius 1 is 1.50 bits per heavy atom. The molecule has 1 aromatic rings. The fraction of sp³-hybridized carbons (Fsp3) is 0.444. The van der Waals surface area contributed by atoms with Crippen molar-refractivity contribution < 1.29 is 0 Å². The summed E-state index contributed by atoms with van der Waals surface area (Å²) in [5.41, 5.74) is 6.76. The van der Waals surface area contributed by atoms with Crippen LogP contribution in [0.5, 0.6) is 0 Å². The van der Waals surface area contributed by atoms with Crippen LogP contribution >= 0.6 is 0 Å². The third kappa shape index (κ3) is 1.56. The highest BCUT2D eigenvalue weighted by Gasteiger charge is 2.25. The van der Waals surface area contributed by atoms with Gasteiger partial charge in [-0.15, -0.1) is 0 Å². The van der Waals surface area contributed by atoms with Crippen LogP contribution in [0.15, 0.2) is 24.5 Å². The van der Waals surface area contributed by atoms with E-state index in [0.29, 0.717) is 12.1 Å². The Hall–Kier alpha value is -1.09. The normalized spacial score (nSPS) is 27.8. The van der Waals surface area contributed by atoms with Gasteiger partial charge in [0.15, 0.2) is 0 Å². The van der Waals surface area contributed by atoms with Crippen molar-refractivity contribution in [1.82, 2.24) is 4.98 Å². The lowest BCUT2D eigenvalue weighted by atomic mass is 9.87. The van der Waals surface area contributed by atoms with Crippen LogP contribution in [0.4, 0.5) is 5.69 Å². The highest BCUT2D eigenvalue weighted by Crippen LogP contribution is 2.21. The largest absolute Gasteiger partial charge is 0.381 e. The maximum Gasteiger partial charge on any atom is 0.0528 e. The Labute approximate surface area is 72.0 Å². The summed E-state index contributed by atoms with van der Waals surface area (Å²) in [6.45, 7) is 0. The lowest BCUT2D eigenvalue weighted by Gasteiger charge is -2.33. The van der Waals surface area contributed by atoms with E-state index in [1.807, 2.05) is 18.3 Å². The van der Waals surface area contributed by atoms with Crippen molar-refractivity contribution in [3.05, 3.63) is 24.5 Å². The van der Waals surface area contributed by atoms with E-state index in [-0.39, 0.29) is 0 Å². The third-order valence-electron chi connectivity index (χ3n) is 2.21. The van der Waals surface area contributed by atoms with Gasteiger partial charge < -0.3 is 11.1 Å². The van der Waals surface area contributed by atoms with E-state index in [4.69, 9.17) is 5.73 Å². The zero-order chi connectivity index (χ0) is 8.39. The average molecular weight is 163 g/mol. The molecule has 3 N–H and O–H groups in total. The molecule has 1 aromatic heterocycles. The van der Waals surface area contributed by atoms with Gasteiger partial charge >= 0.3 is 0 Å². The quantitative estimate of drug-likeness (QED) is 0.683. The number of anilines is 1. The predicted molar refractivity (Wildman–Crippen MR) is 48.9 cm³/mol. The Kier molecular flexibility index (Phi) is 1.96. The van der Waals surface area contributed by atoms with Crippen LogP contribution in [-0.4, -0.2) is 17.1 Å². The Morgan fingerprint density at radius 3 is 2.92 bits per heavy atom. The number of hydrogen-bond donors (Lipinski definition) is 2. The predicted octanol–water partition coefficient (Wildman–Crippen LogP) is 0.983. The summed E-state index contributed by atoms with van der Waals surface area (Å²) < 4.78 is 0. The molecule has 1 heterocycles. The molecule has 0 bridgehead atoms. The third-order valence-corrected chi connectivity index (χ3v) is 2.21. The van der Waals surface area contributed by atoms with Crippen molar-refractivity contribution in [2.45, 2.75) is 24.9 Å². The molecule has 0 saturated heterocycles. The number of nitrogens with zero attached hydrogens (tertiary/aromatic N) is 1. The molecule has 1 saturated carbocycles. The monoisotopic (exact) mass is 163 g/mol. The first-order valence-electron chi connectivity index (χ1n) is 4.27. The van der Waals surface area contributed by atoms with Crippen LogP contribution in [-0.2, 0) is 0 Å². The van der Waals surface area contributed by atoms with E-state index in [0.717, 1.165) is 18.5 Å². The minimum atomic E-state index is 0.402. The molecule has 12 heavy (non-hydrogen) atoms. The SMILES string of the molecule is NC1CC(Nc2cccnc2)C1. The molecule has 0 aliphatic heterocycles. The molecule has 0 amide bonds. The molecule has 1 aliphatic carbocycles. The Balaban J connectivity index is 1.88. The van der Waals surface area contributed by atoms with E-state index in [2.05, 4.69) is 10.3 Å². The first kappa shape index (κ1) is 7.55. The fourth-order valence-electron chi connectivity index (χ4n) is 1.46. The lowest BCUT2D eigenvalue weighted by molar-refractivity contribution is 0.373. The van der Waals surface area contributed by atoms with Crippen LogP contribution in [0.2, 0.25) is 0 Å². The van der Waals surface area contributed by atoms with Crippen molar-refractivity contribution in [3.63, 3.8) is 0 Å². The highest BCUT2D eigenvalue weighted by atomic mass is 15.0. The van der Waals surface area contributed by atoms with Gasteiger partial charge in [-0.3, -0.25) is 4.98 Å². The summed E-state index contributed by atoms with van der Waals surface area (Å²) >= 11 is 0. The van der Waals surface area contributed by atoms with Gasteiger partial charge in [-0.25, -0.2) is 0 Å². The van der Waals surface area contributed by atoms with Crippen LogP contribution in [0.3, 0.4) is 0 Å². The standard InChI is InChI=1S/C9H13N3/c10-7-4-9(5-7)12-8-2-1-3-11-6-8/h1-3,6-7,9,12H,4-5,10H2. The van der Waals surface area contributed by atoms with Crippen molar-refractivity contribution in [2.24, 2.45) is 5.73 Å². The number of pyridine rings is 1. The van der Waals surface area contributed by atoms with Crippen molar-refractivity contribution in [1.29, 1.82) is 0 Å². The molecule has 3 nitrogen and oxygen atoms in total. The Morgan fingerprint density at radius 2 is 2.33 bits per heavy atom. The molecule has 1 fully saturated rings. The summed E-state index contributed by atoms with van der Waals surface area (Å²) in [6.07, 6.45) is 5.77. The molecule has 0 atom stereocenters. The second-order valence-corrected chi connectivity index (χ2v) is 3.31. The van der Waals surface area contributed by atoms with E-state index >= 15 is 0 Å². The second kappa shape index (κ2) is 3.11. The smallest absolute Gasteiger partial charge is 0.0528 e. The summed E-state index contributed by atoms with van der Waals surface area (Å²) in [7, 11) is 0. The Bertz CT molecular complexity index is 241. The highest BCUT2D eigenvalue weighted by molar-refractivity contribution is 5.41. The van der Waals surface area contributed by atoms with E-state index < -0.39 is 0 Å². The molecule has 1 aliphatic rings. The first-order valence-corrected chi connectivity index (χ1v) is 4.27. The zero-order valence-electron chi connectivity index (χ0n) is 6.90. The van der Waals surface area contributed by atoms with E-state index in [9.17, 15) is 0 Å². The minimum Gasteiger partial charge on any atom is -0.381 e. The second-order valence-electron chi connectivity index (χ2n) is 3.31. The van der Waals surface area contributed by atoms with Gasteiger partial charge in [-0.05, 0) is 25.0 Å². The maximum absolute atomic E-state index is 5.67. The number of hydrogen-bond acceptors (Lipinski definition) is 3. The molecule has 3 heteroatoms. The topological polar surface area (TPSA) is 50.9 Å². The van der Waals surface area contributed by atoms with Crippen LogP contribution < -0.4 is 11.1 Å². The maximum atomic E-state index is 5.67. The van der Waals surface area contributed by atoms with E-state index in [1.54, 1.807) is 6.20 Å². The summed E-state index contributed by atoms with van der Waals surface area (Å²) in [6, 6.07) is 4.92. The molecule has 2 rings (SSSR count). The molecule has 0 radical (unpaired) electrons. The minimum absolute atomic E-state index is 0.402. The molecular formula is C9H13N3. The number of nitrogens with one attached hydrogen (secondary N) is 1. The molecular weight excluding hydrogens is 150 g/mol. The van der Waals surface area contributed by atoms with E-state index in [1.165, 1.54) is 0 Å². The van der Waals surface area contributed by atoms with Gasteiger partial charge in [0.2, 0.25) is 0 Å². The van der Waals surface area contributed by atoms with Gasteiger partial charge in [-0.1, -0.05) is 0 Å². The number of rotatable bonds is 2. The van der Waals surface area contributed by atoms with Crippen molar-refractivity contribution >= 4 is 5.69 Å². The van der Waals surface area contributed by atoms with Crippen LogP contribution in [0, 0.1) is 0 Å². The van der Waals surface area contributed by atoms with Gasteiger partial charge in [-0.2, -0.15) is 0 Å². The zero-order valence-corrected chi connectivity index (χ0v) is 6.90. The van der Waals surface area contributed by atoms with Crippen LogP contribution in [0.1, 0.15) is 12.8 Å². The van der Waals surface area contributed by atoms with Crippen molar-refractivity contribution in [2.75, 3.05) is 5.32 Å². The fourth-order valence-corrected chi connectivity index (χ4v) is 1.46. The number of nitrogens with two attached hydrogens (primary N) is 1. The van der Waals surface area contributed by atoms with Gasteiger partial charge in [0, 0.05) is 24.5 Å². The summed E-state index contributed by atoms with van der Waals surface area (Å²) in [5.74, 6) is 0. The summed E-state index contributed by atoms with van der Waals surface area (Å²) in [4.78, 5) is 4.02. The van der Waals surface area contributed by atoms with Crippen LogP contribution in [0.25, 0.3) is 0 Å². The van der Waals surface area contributed by atoms with Gasteiger partial charge in [0.05, 0.1) is 5.69 Å². The van der Waals surface area contributed by atoms with Crippen molar-refractivity contribution in [3.8, 4) is 0 Å². The molecule has 64 valence electrons. The van der Waals surface area contributed by atoms with Gasteiger partial charge in [0.1, 0.15) is 0 Å². The average Bonchev–Trinajstić information content (AvgIpc) is 2.04.